The van der Waals surface area contributed by atoms with Crippen LogP contribution in [0.5, 0.6) is 0 Å². The molecule has 0 saturated carbocycles. The maximum absolute atomic E-state index is 4.21. The molecule has 4 nitrogen and oxygen atoms in total. The fraction of sp³-hybridized carbons (Fsp3) is 0.667. The summed E-state index contributed by atoms with van der Waals surface area (Å²) in [7, 11) is 0. The van der Waals surface area contributed by atoms with Crippen LogP contribution in [0.4, 0.5) is 0 Å². The van der Waals surface area contributed by atoms with E-state index >= 15 is 0 Å². The van der Waals surface area contributed by atoms with Crippen molar-refractivity contribution in [3.05, 3.63) is 24.3 Å². The van der Waals surface area contributed by atoms with Gasteiger partial charge in [-0.3, -0.25) is 9.97 Å². The first-order valence-corrected chi connectivity index (χ1v) is 5.71. The van der Waals surface area contributed by atoms with E-state index in [1.165, 1.54) is 0 Å². The zero-order chi connectivity index (χ0) is 12.0. The summed E-state index contributed by atoms with van der Waals surface area (Å²) in [6.07, 6.45) is 5.19. The van der Waals surface area contributed by atoms with Crippen LogP contribution in [0.3, 0.4) is 0 Å². The molecule has 0 fully saturated rings. The molecule has 0 bridgehead atoms. The largest absolute Gasteiger partial charge is 0.311 e. The number of hydrogen-bond donors (Lipinski definition) is 2. The van der Waals surface area contributed by atoms with Gasteiger partial charge >= 0.3 is 0 Å². The number of hydrogen-bond acceptors (Lipinski definition) is 4. The van der Waals surface area contributed by atoms with Crippen LogP contribution in [-0.2, 0) is 6.54 Å². The molecule has 16 heavy (non-hydrogen) atoms. The Morgan fingerprint density at radius 3 is 2.62 bits per heavy atom. The Labute approximate surface area is 97.9 Å². The molecule has 1 atom stereocenters. The number of nitrogens with zero attached hydrogens (tertiary/aromatic N) is 2. The Morgan fingerprint density at radius 1 is 1.31 bits per heavy atom. The molecule has 2 N–H and O–H groups in total. The lowest BCUT2D eigenvalue weighted by Gasteiger charge is -2.23. The Hall–Kier alpha value is -1.00. The number of nitrogens with one attached hydrogen (secondary N) is 2. The second-order valence-electron chi connectivity index (χ2n) is 5.11. The van der Waals surface area contributed by atoms with E-state index in [4.69, 9.17) is 0 Å². The summed E-state index contributed by atoms with van der Waals surface area (Å²) >= 11 is 0. The smallest absolute Gasteiger partial charge is 0.0724 e. The lowest BCUT2D eigenvalue weighted by atomic mass is 10.1. The quantitative estimate of drug-likeness (QED) is 0.789. The first-order chi connectivity index (χ1) is 7.47. The highest BCUT2D eigenvalue weighted by Crippen LogP contribution is 1.98. The Kier molecular flexibility index (Phi) is 4.83. The molecule has 90 valence electrons. The van der Waals surface area contributed by atoms with Gasteiger partial charge in [-0.2, -0.15) is 0 Å². The predicted molar refractivity (Wildman–Crippen MR) is 66.1 cm³/mol. The van der Waals surface area contributed by atoms with Crippen LogP contribution in [0, 0.1) is 0 Å². The average Bonchev–Trinajstić information content (AvgIpc) is 2.24. The minimum Gasteiger partial charge on any atom is -0.311 e. The lowest BCUT2D eigenvalue weighted by Crippen LogP contribution is -2.44. The molecule has 1 aromatic rings. The van der Waals surface area contributed by atoms with Crippen LogP contribution in [0.25, 0.3) is 0 Å². The van der Waals surface area contributed by atoms with E-state index in [0.29, 0.717) is 6.04 Å². The highest BCUT2D eigenvalue weighted by atomic mass is 15.0. The van der Waals surface area contributed by atoms with E-state index in [-0.39, 0.29) is 5.54 Å². The molecular formula is C12H22N4. The normalized spacial score (nSPS) is 13.8. The van der Waals surface area contributed by atoms with Crippen molar-refractivity contribution in [2.24, 2.45) is 0 Å². The maximum Gasteiger partial charge on any atom is 0.0724 e. The zero-order valence-corrected chi connectivity index (χ0v) is 10.6. The molecule has 0 aliphatic carbocycles. The molecule has 1 unspecified atom stereocenters. The van der Waals surface area contributed by atoms with Gasteiger partial charge in [0.1, 0.15) is 0 Å². The molecule has 0 radical (unpaired) electrons. The van der Waals surface area contributed by atoms with Gasteiger partial charge in [-0.1, -0.05) is 0 Å². The van der Waals surface area contributed by atoms with Gasteiger partial charge < -0.3 is 10.6 Å². The van der Waals surface area contributed by atoms with Crippen molar-refractivity contribution in [1.29, 1.82) is 0 Å². The third kappa shape index (κ3) is 5.78. The molecular weight excluding hydrogens is 200 g/mol. The van der Waals surface area contributed by atoms with Gasteiger partial charge in [-0.15, -0.1) is 0 Å². The molecule has 0 aliphatic heterocycles. The van der Waals surface area contributed by atoms with E-state index in [9.17, 15) is 0 Å². The maximum atomic E-state index is 4.21. The number of rotatable bonds is 5. The van der Waals surface area contributed by atoms with Gasteiger partial charge in [-0.25, -0.2) is 0 Å². The minimum atomic E-state index is 0.169. The van der Waals surface area contributed by atoms with Crippen molar-refractivity contribution < 1.29 is 0 Å². The fourth-order valence-electron chi connectivity index (χ4n) is 1.23. The van der Waals surface area contributed by atoms with Crippen molar-refractivity contribution in [1.82, 2.24) is 20.6 Å². The summed E-state index contributed by atoms with van der Waals surface area (Å²) in [5.41, 5.74) is 1.15. The summed E-state index contributed by atoms with van der Waals surface area (Å²) in [4.78, 5) is 8.24. The van der Waals surface area contributed by atoms with Crippen molar-refractivity contribution in [3.63, 3.8) is 0 Å². The van der Waals surface area contributed by atoms with Gasteiger partial charge in [0.2, 0.25) is 0 Å². The van der Waals surface area contributed by atoms with E-state index in [2.05, 4.69) is 48.3 Å². The van der Waals surface area contributed by atoms with Crippen LogP contribution in [0.15, 0.2) is 18.6 Å². The van der Waals surface area contributed by atoms with Gasteiger partial charge in [0.25, 0.3) is 0 Å². The van der Waals surface area contributed by atoms with E-state index in [1.54, 1.807) is 18.6 Å². The summed E-state index contributed by atoms with van der Waals surface area (Å²) in [6, 6.07) is 0.418. The van der Waals surface area contributed by atoms with Gasteiger partial charge in [0, 0.05) is 43.3 Å². The first kappa shape index (κ1) is 13.1. The monoisotopic (exact) mass is 222 g/mol. The van der Waals surface area contributed by atoms with Crippen LogP contribution >= 0.6 is 0 Å². The third-order valence-corrected chi connectivity index (χ3v) is 2.19. The van der Waals surface area contributed by atoms with Crippen molar-refractivity contribution in [3.8, 4) is 0 Å². The Bertz CT molecular complexity index is 292. The molecule has 0 amide bonds. The zero-order valence-electron chi connectivity index (χ0n) is 10.6. The van der Waals surface area contributed by atoms with E-state index in [0.717, 1.165) is 18.8 Å². The summed E-state index contributed by atoms with van der Waals surface area (Å²) in [6.45, 7) is 10.4. The highest BCUT2D eigenvalue weighted by molar-refractivity contribution is 4.94. The van der Waals surface area contributed by atoms with Crippen LogP contribution in [0.1, 0.15) is 33.4 Å². The standard InChI is InChI=1S/C12H22N4/c1-10(7-16-12(2,3)4)15-9-11-8-13-5-6-14-11/h5-6,8,10,15-16H,7,9H2,1-4H3. The van der Waals surface area contributed by atoms with Gasteiger partial charge in [-0.05, 0) is 27.7 Å². The van der Waals surface area contributed by atoms with E-state index in [1.807, 2.05) is 0 Å². The van der Waals surface area contributed by atoms with Crippen molar-refractivity contribution >= 4 is 0 Å². The first-order valence-electron chi connectivity index (χ1n) is 5.71. The molecule has 0 saturated heterocycles. The molecule has 1 heterocycles. The van der Waals surface area contributed by atoms with Crippen LogP contribution in [0.2, 0.25) is 0 Å². The van der Waals surface area contributed by atoms with Gasteiger partial charge in [0.05, 0.1) is 5.69 Å². The van der Waals surface area contributed by atoms with Crippen LogP contribution < -0.4 is 10.6 Å². The Balaban J connectivity index is 2.23. The van der Waals surface area contributed by atoms with Crippen molar-refractivity contribution in [2.75, 3.05) is 6.54 Å². The van der Waals surface area contributed by atoms with E-state index < -0.39 is 0 Å². The molecule has 4 heteroatoms. The van der Waals surface area contributed by atoms with Crippen LogP contribution in [-0.4, -0.2) is 28.1 Å². The summed E-state index contributed by atoms with van der Waals surface area (Å²) in [5, 5.41) is 6.87. The van der Waals surface area contributed by atoms with Gasteiger partial charge in [0.15, 0.2) is 0 Å². The fourth-order valence-corrected chi connectivity index (χ4v) is 1.23. The third-order valence-electron chi connectivity index (χ3n) is 2.19. The highest BCUT2D eigenvalue weighted by Gasteiger charge is 2.10. The summed E-state index contributed by atoms with van der Waals surface area (Å²) in [5.74, 6) is 0. The minimum absolute atomic E-state index is 0.169. The van der Waals surface area contributed by atoms with Crippen molar-refractivity contribution in [2.45, 2.75) is 45.8 Å². The molecule has 0 spiro atoms. The molecule has 0 aromatic carbocycles. The SMILES string of the molecule is CC(CNC(C)(C)C)NCc1cnccn1. The molecule has 1 rings (SSSR count). The lowest BCUT2D eigenvalue weighted by molar-refractivity contribution is 0.386. The molecule has 1 aromatic heterocycles. The topological polar surface area (TPSA) is 49.8 Å². The molecule has 0 aliphatic rings. The Morgan fingerprint density at radius 2 is 2.06 bits per heavy atom. The number of aromatic nitrogens is 2. The second kappa shape index (κ2) is 5.92. The summed E-state index contributed by atoms with van der Waals surface area (Å²) < 4.78 is 0. The average molecular weight is 222 g/mol. The second-order valence-corrected chi connectivity index (χ2v) is 5.11. The predicted octanol–water partition coefficient (Wildman–Crippen LogP) is 1.34.